The Balaban J connectivity index is 2.75. The normalized spacial score (nSPS) is 11.9. The SMILES string of the molecule is COc1cccc(NC(C#N)C(C)C)c1. The van der Waals surface area contributed by atoms with Crippen LogP contribution in [0.4, 0.5) is 5.69 Å². The quantitative estimate of drug-likeness (QED) is 0.820. The minimum atomic E-state index is -0.169. The number of methoxy groups -OCH3 is 1. The number of benzene rings is 1. The molecule has 15 heavy (non-hydrogen) atoms. The van der Waals surface area contributed by atoms with E-state index in [1.807, 2.05) is 38.1 Å². The van der Waals surface area contributed by atoms with E-state index in [1.165, 1.54) is 0 Å². The van der Waals surface area contributed by atoms with E-state index >= 15 is 0 Å². The molecule has 0 amide bonds. The van der Waals surface area contributed by atoms with E-state index in [2.05, 4.69) is 11.4 Å². The second-order valence-electron chi connectivity index (χ2n) is 3.73. The molecule has 0 saturated heterocycles. The predicted molar refractivity (Wildman–Crippen MR) is 60.9 cm³/mol. The molecule has 1 unspecified atom stereocenters. The number of nitrogens with one attached hydrogen (secondary N) is 1. The summed E-state index contributed by atoms with van der Waals surface area (Å²) in [4.78, 5) is 0. The van der Waals surface area contributed by atoms with Gasteiger partial charge in [0.2, 0.25) is 0 Å². The van der Waals surface area contributed by atoms with Crippen LogP contribution in [0.5, 0.6) is 5.75 Å². The summed E-state index contributed by atoms with van der Waals surface area (Å²) in [5, 5.41) is 12.1. The smallest absolute Gasteiger partial charge is 0.120 e. The van der Waals surface area contributed by atoms with Crippen molar-refractivity contribution in [3.63, 3.8) is 0 Å². The van der Waals surface area contributed by atoms with E-state index in [1.54, 1.807) is 7.11 Å². The van der Waals surface area contributed by atoms with Crippen molar-refractivity contribution in [1.82, 2.24) is 0 Å². The molecule has 0 aromatic heterocycles. The molecule has 0 saturated carbocycles. The average molecular weight is 204 g/mol. The standard InChI is InChI=1S/C12H16N2O/c1-9(2)12(8-13)14-10-5-4-6-11(7-10)15-3/h4-7,9,12,14H,1-3H3. The summed E-state index contributed by atoms with van der Waals surface area (Å²) in [6, 6.07) is 9.65. The van der Waals surface area contributed by atoms with Gasteiger partial charge in [-0.15, -0.1) is 0 Å². The monoisotopic (exact) mass is 204 g/mol. The zero-order valence-electron chi connectivity index (χ0n) is 9.32. The lowest BCUT2D eigenvalue weighted by Gasteiger charge is -2.16. The lowest BCUT2D eigenvalue weighted by Crippen LogP contribution is -2.23. The van der Waals surface area contributed by atoms with Crippen LogP contribution in [0.25, 0.3) is 0 Å². The third-order valence-corrected chi connectivity index (χ3v) is 2.20. The van der Waals surface area contributed by atoms with Gasteiger partial charge < -0.3 is 10.1 Å². The Morgan fingerprint density at radius 3 is 2.67 bits per heavy atom. The largest absolute Gasteiger partial charge is 0.497 e. The molecule has 1 aromatic carbocycles. The maximum Gasteiger partial charge on any atom is 0.120 e. The number of hydrogen-bond donors (Lipinski definition) is 1. The number of anilines is 1. The first-order valence-corrected chi connectivity index (χ1v) is 4.97. The van der Waals surface area contributed by atoms with Crippen LogP contribution >= 0.6 is 0 Å². The van der Waals surface area contributed by atoms with E-state index in [0.717, 1.165) is 11.4 Å². The van der Waals surface area contributed by atoms with Crippen LogP contribution in [0.15, 0.2) is 24.3 Å². The van der Waals surface area contributed by atoms with E-state index in [-0.39, 0.29) is 12.0 Å². The molecule has 1 atom stereocenters. The van der Waals surface area contributed by atoms with Gasteiger partial charge in [-0.3, -0.25) is 0 Å². The first-order valence-electron chi connectivity index (χ1n) is 4.97. The van der Waals surface area contributed by atoms with Crippen LogP contribution in [-0.4, -0.2) is 13.2 Å². The molecule has 3 heteroatoms. The van der Waals surface area contributed by atoms with Gasteiger partial charge in [0.15, 0.2) is 0 Å². The average Bonchev–Trinajstić information content (AvgIpc) is 2.25. The van der Waals surface area contributed by atoms with Gasteiger partial charge in [0.1, 0.15) is 11.8 Å². The highest BCUT2D eigenvalue weighted by molar-refractivity contribution is 5.49. The van der Waals surface area contributed by atoms with E-state index in [9.17, 15) is 0 Å². The Bertz CT molecular complexity index is 355. The van der Waals surface area contributed by atoms with Crippen LogP contribution in [0.3, 0.4) is 0 Å². The summed E-state index contributed by atoms with van der Waals surface area (Å²) in [6.45, 7) is 4.03. The van der Waals surface area contributed by atoms with E-state index in [4.69, 9.17) is 10.00 Å². The van der Waals surface area contributed by atoms with Crippen molar-refractivity contribution in [3.8, 4) is 11.8 Å². The van der Waals surface area contributed by atoms with Crippen molar-refractivity contribution >= 4 is 5.69 Å². The Hall–Kier alpha value is -1.69. The Morgan fingerprint density at radius 1 is 1.40 bits per heavy atom. The summed E-state index contributed by atoms with van der Waals surface area (Å²) < 4.78 is 5.11. The van der Waals surface area contributed by atoms with Gasteiger partial charge in [-0.1, -0.05) is 19.9 Å². The molecule has 80 valence electrons. The second-order valence-corrected chi connectivity index (χ2v) is 3.73. The molecule has 0 heterocycles. The van der Waals surface area contributed by atoms with Crippen molar-refractivity contribution in [2.45, 2.75) is 19.9 Å². The fraction of sp³-hybridized carbons (Fsp3) is 0.417. The lowest BCUT2D eigenvalue weighted by molar-refractivity contribution is 0.415. The summed E-state index contributed by atoms with van der Waals surface area (Å²) in [5.74, 6) is 1.07. The third kappa shape index (κ3) is 3.17. The Labute approximate surface area is 90.7 Å². The maximum atomic E-state index is 8.94. The molecule has 0 aliphatic carbocycles. The molecule has 3 nitrogen and oxygen atoms in total. The van der Waals surface area contributed by atoms with Gasteiger partial charge >= 0.3 is 0 Å². The molecule has 0 aliphatic heterocycles. The van der Waals surface area contributed by atoms with Gasteiger partial charge in [0, 0.05) is 11.8 Å². The highest BCUT2D eigenvalue weighted by Crippen LogP contribution is 2.18. The maximum absolute atomic E-state index is 8.94. The van der Waals surface area contributed by atoms with Gasteiger partial charge in [-0.25, -0.2) is 0 Å². The molecule has 1 aromatic rings. The van der Waals surface area contributed by atoms with Crippen molar-refractivity contribution < 1.29 is 4.74 Å². The Kier molecular flexibility index (Phi) is 3.99. The lowest BCUT2D eigenvalue weighted by atomic mass is 10.1. The molecule has 0 radical (unpaired) electrons. The van der Waals surface area contributed by atoms with Crippen molar-refractivity contribution in [1.29, 1.82) is 5.26 Å². The van der Waals surface area contributed by atoms with Gasteiger partial charge in [-0.05, 0) is 18.1 Å². The molecule has 1 rings (SSSR count). The van der Waals surface area contributed by atoms with Gasteiger partial charge in [-0.2, -0.15) is 5.26 Å². The summed E-state index contributed by atoms with van der Waals surface area (Å²) in [6.07, 6.45) is 0. The van der Waals surface area contributed by atoms with Crippen molar-refractivity contribution in [3.05, 3.63) is 24.3 Å². The zero-order valence-corrected chi connectivity index (χ0v) is 9.32. The number of hydrogen-bond acceptors (Lipinski definition) is 3. The fourth-order valence-corrected chi connectivity index (χ4v) is 1.24. The van der Waals surface area contributed by atoms with E-state index in [0.29, 0.717) is 0 Å². The Morgan fingerprint density at radius 2 is 2.13 bits per heavy atom. The second kappa shape index (κ2) is 5.26. The first-order chi connectivity index (χ1) is 7.17. The number of ether oxygens (including phenoxy) is 1. The summed E-state index contributed by atoms with van der Waals surface area (Å²) in [5.41, 5.74) is 0.912. The molecule has 0 aliphatic rings. The van der Waals surface area contributed by atoms with E-state index < -0.39 is 0 Å². The topological polar surface area (TPSA) is 45.0 Å². The molecule has 0 fully saturated rings. The van der Waals surface area contributed by atoms with Crippen LogP contribution in [0, 0.1) is 17.2 Å². The molecule has 0 spiro atoms. The third-order valence-electron chi connectivity index (χ3n) is 2.20. The highest BCUT2D eigenvalue weighted by Gasteiger charge is 2.11. The van der Waals surface area contributed by atoms with Crippen LogP contribution < -0.4 is 10.1 Å². The van der Waals surface area contributed by atoms with Crippen LogP contribution in [-0.2, 0) is 0 Å². The first kappa shape index (κ1) is 11.4. The minimum Gasteiger partial charge on any atom is -0.497 e. The van der Waals surface area contributed by atoms with Crippen LogP contribution in [0.1, 0.15) is 13.8 Å². The predicted octanol–water partition coefficient (Wildman–Crippen LogP) is 2.66. The van der Waals surface area contributed by atoms with Crippen molar-refractivity contribution in [2.24, 2.45) is 5.92 Å². The molecule has 1 N–H and O–H groups in total. The fourth-order valence-electron chi connectivity index (χ4n) is 1.24. The molecular formula is C12H16N2O. The summed E-state index contributed by atoms with van der Waals surface area (Å²) >= 11 is 0. The number of rotatable bonds is 4. The minimum absolute atomic E-state index is 0.169. The zero-order chi connectivity index (χ0) is 11.3. The van der Waals surface area contributed by atoms with Gasteiger partial charge in [0.25, 0.3) is 0 Å². The van der Waals surface area contributed by atoms with Gasteiger partial charge in [0.05, 0.1) is 13.2 Å². The highest BCUT2D eigenvalue weighted by atomic mass is 16.5. The summed E-state index contributed by atoms with van der Waals surface area (Å²) in [7, 11) is 1.63. The number of nitrogens with zero attached hydrogens (tertiary/aromatic N) is 1. The molecule has 0 bridgehead atoms. The number of nitriles is 1. The van der Waals surface area contributed by atoms with Crippen LogP contribution in [0.2, 0.25) is 0 Å². The molecular weight excluding hydrogens is 188 g/mol. The van der Waals surface area contributed by atoms with Crippen molar-refractivity contribution in [2.75, 3.05) is 12.4 Å².